The molecule has 1 aliphatic heterocycles. The molecular formula is C18H21F2N3O2. The summed E-state index contributed by atoms with van der Waals surface area (Å²) in [5, 5.41) is 0. The Labute approximate surface area is 144 Å². The van der Waals surface area contributed by atoms with Gasteiger partial charge in [0.05, 0.1) is 0 Å². The van der Waals surface area contributed by atoms with E-state index >= 15 is 0 Å². The van der Waals surface area contributed by atoms with Gasteiger partial charge in [0.25, 0.3) is 0 Å². The number of rotatable bonds is 4. The highest BCUT2D eigenvalue weighted by Gasteiger charge is 2.55. The van der Waals surface area contributed by atoms with Crippen LogP contribution >= 0.6 is 0 Å². The number of benzene rings is 1. The standard InChI is InChI=1S/C18H21F2N3O2/c19-12-3-8-1-2-10(11(8)6-13(12)20)14(21)7-17(24)23-15-4-9(15)5-16(23)18(22)25/h3,6,9-10,14-16H,1-2,4-5,7,21H2,(H2,22,25)/t9-,10-,14-,15-,16-/m0/s1. The predicted octanol–water partition coefficient (Wildman–Crippen LogP) is 1.19. The van der Waals surface area contributed by atoms with E-state index in [1.165, 1.54) is 12.1 Å². The second kappa shape index (κ2) is 5.76. The van der Waals surface area contributed by atoms with Crippen LogP contribution in [0, 0.1) is 17.6 Å². The summed E-state index contributed by atoms with van der Waals surface area (Å²) in [6.07, 6.45) is 2.92. The summed E-state index contributed by atoms with van der Waals surface area (Å²) in [7, 11) is 0. The highest BCUT2D eigenvalue weighted by molar-refractivity contribution is 5.88. The van der Waals surface area contributed by atoms with Gasteiger partial charge in [-0.15, -0.1) is 0 Å². The molecule has 1 aromatic carbocycles. The second-order valence-corrected chi connectivity index (χ2v) is 7.50. The van der Waals surface area contributed by atoms with E-state index in [4.69, 9.17) is 11.5 Å². The number of carbonyl (C=O) groups is 2. The van der Waals surface area contributed by atoms with Gasteiger partial charge in [-0.05, 0) is 54.9 Å². The number of hydrogen-bond donors (Lipinski definition) is 2. The van der Waals surface area contributed by atoms with E-state index in [0.717, 1.165) is 12.0 Å². The third kappa shape index (κ3) is 2.70. The minimum Gasteiger partial charge on any atom is -0.368 e. The van der Waals surface area contributed by atoms with Gasteiger partial charge in [-0.2, -0.15) is 0 Å². The van der Waals surface area contributed by atoms with E-state index in [2.05, 4.69) is 0 Å². The van der Waals surface area contributed by atoms with E-state index in [1.54, 1.807) is 4.90 Å². The third-order valence-electron chi connectivity index (χ3n) is 5.95. The zero-order valence-electron chi connectivity index (χ0n) is 13.8. The molecule has 2 amide bonds. The van der Waals surface area contributed by atoms with Crippen LogP contribution in [-0.4, -0.2) is 34.8 Å². The Hall–Kier alpha value is -2.02. The molecule has 1 saturated carbocycles. The number of piperidine rings is 1. The van der Waals surface area contributed by atoms with Crippen LogP contribution in [0.5, 0.6) is 0 Å². The molecule has 0 bridgehead atoms. The number of primary amides is 1. The molecule has 1 saturated heterocycles. The van der Waals surface area contributed by atoms with Gasteiger partial charge in [-0.1, -0.05) is 0 Å². The Kier molecular flexibility index (Phi) is 3.79. The smallest absolute Gasteiger partial charge is 0.240 e. The number of hydrogen-bond acceptors (Lipinski definition) is 3. The fourth-order valence-electron chi connectivity index (χ4n) is 4.59. The summed E-state index contributed by atoms with van der Waals surface area (Å²) >= 11 is 0. The summed E-state index contributed by atoms with van der Waals surface area (Å²) in [4.78, 5) is 25.9. The summed E-state index contributed by atoms with van der Waals surface area (Å²) in [6, 6.07) is 1.50. The number of halogens is 2. The van der Waals surface area contributed by atoms with Gasteiger partial charge in [0.15, 0.2) is 11.6 Å². The first-order valence-electron chi connectivity index (χ1n) is 8.70. The van der Waals surface area contributed by atoms with Gasteiger partial charge >= 0.3 is 0 Å². The molecule has 2 fully saturated rings. The maximum atomic E-state index is 13.6. The maximum Gasteiger partial charge on any atom is 0.240 e. The zero-order chi connectivity index (χ0) is 17.9. The average Bonchev–Trinajstić information content (AvgIpc) is 3.01. The first kappa shape index (κ1) is 16.4. The summed E-state index contributed by atoms with van der Waals surface area (Å²) < 4.78 is 26.9. The molecule has 5 atom stereocenters. The fourth-order valence-corrected chi connectivity index (χ4v) is 4.59. The monoisotopic (exact) mass is 349 g/mol. The lowest BCUT2D eigenvalue weighted by Crippen LogP contribution is -2.47. The number of aryl methyl sites for hydroxylation is 1. The van der Waals surface area contributed by atoms with E-state index in [9.17, 15) is 18.4 Å². The molecule has 0 radical (unpaired) electrons. The number of carbonyl (C=O) groups excluding carboxylic acids is 2. The van der Waals surface area contributed by atoms with Crippen LogP contribution in [0.2, 0.25) is 0 Å². The van der Waals surface area contributed by atoms with Crippen LogP contribution in [0.15, 0.2) is 12.1 Å². The topological polar surface area (TPSA) is 89.4 Å². The largest absolute Gasteiger partial charge is 0.368 e. The van der Waals surface area contributed by atoms with Crippen molar-refractivity contribution in [2.45, 2.75) is 56.1 Å². The zero-order valence-corrected chi connectivity index (χ0v) is 13.8. The van der Waals surface area contributed by atoms with Gasteiger partial charge in [0.1, 0.15) is 6.04 Å². The van der Waals surface area contributed by atoms with E-state index in [0.29, 0.717) is 30.7 Å². The normalized spacial score (nSPS) is 30.8. The molecule has 4 N–H and O–H groups in total. The van der Waals surface area contributed by atoms with Crippen LogP contribution in [0.1, 0.15) is 42.7 Å². The summed E-state index contributed by atoms with van der Waals surface area (Å²) in [5.74, 6) is -2.20. The van der Waals surface area contributed by atoms with Crippen LogP contribution in [0.4, 0.5) is 8.78 Å². The van der Waals surface area contributed by atoms with Crippen LogP contribution < -0.4 is 11.5 Å². The third-order valence-corrected chi connectivity index (χ3v) is 5.95. The van der Waals surface area contributed by atoms with E-state index in [1.807, 2.05) is 0 Å². The van der Waals surface area contributed by atoms with Crippen molar-refractivity contribution < 1.29 is 18.4 Å². The van der Waals surface area contributed by atoms with Crippen molar-refractivity contribution in [3.8, 4) is 0 Å². The Balaban J connectivity index is 1.48. The second-order valence-electron chi connectivity index (χ2n) is 7.50. The molecule has 0 aromatic heterocycles. The van der Waals surface area contributed by atoms with E-state index < -0.39 is 29.6 Å². The fraction of sp³-hybridized carbons (Fsp3) is 0.556. The Morgan fingerprint density at radius 1 is 1.24 bits per heavy atom. The first-order valence-corrected chi connectivity index (χ1v) is 8.70. The highest BCUT2D eigenvalue weighted by Crippen LogP contribution is 2.48. The van der Waals surface area contributed by atoms with Crippen molar-refractivity contribution in [2.75, 3.05) is 0 Å². The number of fused-ring (bicyclic) bond motifs is 2. The van der Waals surface area contributed by atoms with Crippen molar-refractivity contribution in [2.24, 2.45) is 17.4 Å². The van der Waals surface area contributed by atoms with Gasteiger partial charge in [-0.25, -0.2) is 8.78 Å². The maximum absolute atomic E-state index is 13.6. The number of nitrogens with zero attached hydrogens (tertiary/aromatic N) is 1. The molecule has 1 aromatic rings. The minimum absolute atomic E-state index is 0.0795. The van der Waals surface area contributed by atoms with Crippen molar-refractivity contribution >= 4 is 11.8 Å². The molecule has 25 heavy (non-hydrogen) atoms. The van der Waals surface area contributed by atoms with Crippen molar-refractivity contribution in [1.82, 2.24) is 4.90 Å². The molecule has 3 aliphatic rings. The van der Waals surface area contributed by atoms with Crippen molar-refractivity contribution in [3.05, 3.63) is 34.9 Å². The molecule has 5 nitrogen and oxygen atoms in total. The SMILES string of the molecule is NC(=O)[C@@H]1C[C@@H]2C[C@@H]2N1C(=O)C[C@H](N)[C@H]1CCc2cc(F)c(F)cc21. The van der Waals surface area contributed by atoms with Crippen molar-refractivity contribution in [1.29, 1.82) is 0 Å². The highest BCUT2D eigenvalue weighted by atomic mass is 19.2. The summed E-state index contributed by atoms with van der Waals surface area (Å²) in [6.45, 7) is 0. The van der Waals surface area contributed by atoms with Crippen molar-refractivity contribution in [3.63, 3.8) is 0 Å². The molecule has 4 rings (SSSR count). The quantitative estimate of drug-likeness (QED) is 0.856. The van der Waals surface area contributed by atoms with Gasteiger partial charge in [-0.3, -0.25) is 9.59 Å². The molecule has 134 valence electrons. The number of nitrogens with two attached hydrogens (primary N) is 2. The predicted molar refractivity (Wildman–Crippen MR) is 86.4 cm³/mol. The first-order chi connectivity index (χ1) is 11.9. The molecular weight excluding hydrogens is 328 g/mol. The lowest BCUT2D eigenvalue weighted by molar-refractivity contribution is -0.139. The van der Waals surface area contributed by atoms with Gasteiger partial charge < -0.3 is 16.4 Å². The summed E-state index contributed by atoms with van der Waals surface area (Å²) in [5.41, 5.74) is 13.1. The molecule has 0 unspecified atom stereocenters. The van der Waals surface area contributed by atoms with Crippen LogP contribution in [-0.2, 0) is 16.0 Å². The molecule has 2 aliphatic carbocycles. The number of amides is 2. The lowest BCUT2D eigenvalue weighted by atomic mass is 9.91. The number of likely N-dealkylation sites (tertiary alicyclic amines) is 1. The van der Waals surface area contributed by atoms with Gasteiger partial charge in [0.2, 0.25) is 11.8 Å². The lowest BCUT2D eigenvalue weighted by Gasteiger charge is -2.28. The van der Waals surface area contributed by atoms with Crippen LogP contribution in [0.3, 0.4) is 0 Å². The van der Waals surface area contributed by atoms with Crippen LogP contribution in [0.25, 0.3) is 0 Å². The van der Waals surface area contributed by atoms with E-state index in [-0.39, 0.29) is 24.3 Å². The molecule has 1 heterocycles. The Morgan fingerprint density at radius 3 is 2.68 bits per heavy atom. The Bertz CT molecular complexity index is 754. The Morgan fingerprint density at radius 2 is 1.96 bits per heavy atom. The minimum atomic E-state index is -0.890. The molecule has 0 spiro atoms. The van der Waals surface area contributed by atoms with Gasteiger partial charge in [0, 0.05) is 24.4 Å². The molecule has 7 heteroatoms. The average molecular weight is 349 g/mol.